The summed E-state index contributed by atoms with van der Waals surface area (Å²) in [6.45, 7) is 1.78. The summed E-state index contributed by atoms with van der Waals surface area (Å²) in [4.78, 5) is 12.0. The van der Waals surface area contributed by atoms with Crippen molar-refractivity contribution in [3.05, 3.63) is 65.7 Å². The number of fused-ring (bicyclic) bond motifs is 1. The summed E-state index contributed by atoms with van der Waals surface area (Å²) in [7, 11) is -4.19. The Morgan fingerprint density at radius 2 is 1.76 bits per heavy atom. The smallest absolute Gasteiger partial charge is 0.397 e. The number of ketones is 1. The minimum Gasteiger partial charge on any atom is -0.484 e. The molecule has 25 heavy (non-hydrogen) atoms. The number of Topliss-reactive ketones (excluding diaryl/α,β-unsaturated/α-hetero) is 1. The van der Waals surface area contributed by atoms with Gasteiger partial charge in [-0.25, -0.2) is 4.18 Å². The molecule has 0 saturated heterocycles. The fourth-order valence-corrected chi connectivity index (χ4v) is 2.69. The van der Waals surface area contributed by atoms with Crippen molar-refractivity contribution in [1.82, 2.24) is 0 Å². The molecule has 3 rings (SSSR count). The zero-order valence-electron chi connectivity index (χ0n) is 13.8. The molecule has 0 spiro atoms. The highest BCUT2D eigenvalue weighted by Crippen LogP contribution is 2.34. The summed E-state index contributed by atoms with van der Waals surface area (Å²) in [6, 6.07) is 17.3. The third-order valence-corrected chi connectivity index (χ3v) is 3.90. The minimum atomic E-state index is -4.19. The lowest BCUT2D eigenvalue weighted by atomic mass is 9.96. The maximum atomic E-state index is 12.0. The van der Waals surface area contributed by atoms with Gasteiger partial charge in [-0.2, -0.15) is 8.42 Å². The number of benzene rings is 2. The van der Waals surface area contributed by atoms with Crippen molar-refractivity contribution >= 4 is 16.2 Å². The van der Waals surface area contributed by atoms with Crippen LogP contribution in [0.2, 0.25) is 0 Å². The second-order valence-electron chi connectivity index (χ2n) is 5.39. The summed E-state index contributed by atoms with van der Waals surface area (Å²) in [6.07, 6.45) is 0.833. The Labute approximate surface area is 147 Å². The zero-order valence-corrected chi connectivity index (χ0v) is 14.6. The quantitative estimate of drug-likeness (QED) is 0.834. The van der Waals surface area contributed by atoms with E-state index in [2.05, 4.69) is 4.18 Å². The second kappa shape index (κ2) is 8.75. The lowest BCUT2D eigenvalue weighted by Gasteiger charge is -2.25. The van der Waals surface area contributed by atoms with Crippen LogP contribution in [0, 0.1) is 0 Å². The van der Waals surface area contributed by atoms with Crippen LogP contribution in [0.4, 0.5) is 0 Å². The predicted molar refractivity (Wildman–Crippen MR) is 93.0 cm³/mol. The van der Waals surface area contributed by atoms with Crippen LogP contribution >= 0.6 is 0 Å². The molecule has 0 amide bonds. The van der Waals surface area contributed by atoms with E-state index in [9.17, 15) is 13.2 Å². The fraction of sp³-hybridized carbons (Fsp3) is 0.278. The Morgan fingerprint density at radius 3 is 2.36 bits per heavy atom. The molecule has 2 aromatic rings. The molecule has 0 saturated carbocycles. The van der Waals surface area contributed by atoms with Gasteiger partial charge in [0.25, 0.3) is 0 Å². The molecule has 1 unspecified atom stereocenters. The number of hydrogen-bond acceptors (Lipinski definition) is 5. The highest BCUT2D eigenvalue weighted by Gasteiger charge is 2.26. The Morgan fingerprint density at radius 1 is 1.12 bits per heavy atom. The van der Waals surface area contributed by atoms with Crippen LogP contribution in [0.25, 0.3) is 0 Å². The molecule has 1 aliphatic rings. The average Bonchev–Trinajstić information content (AvgIpc) is 2.61. The van der Waals surface area contributed by atoms with Gasteiger partial charge in [0.05, 0.1) is 18.6 Å². The molecule has 1 heterocycles. The number of hydrogen-bond donors (Lipinski definition) is 1. The molecular weight excluding hydrogens is 344 g/mol. The van der Waals surface area contributed by atoms with Gasteiger partial charge in [-0.1, -0.05) is 49.4 Å². The summed E-state index contributed by atoms with van der Waals surface area (Å²) < 4.78 is 37.1. The number of para-hydroxylation sites is 1. The van der Waals surface area contributed by atoms with Crippen LogP contribution in [-0.4, -0.2) is 25.4 Å². The SMILES string of the molecule is CCCOS(=O)(=O)O.O=C1CC(c2ccccc2)Oc2ccccc21. The molecule has 1 aliphatic heterocycles. The normalized spacial score (nSPS) is 16.2. The van der Waals surface area contributed by atoms with E-state index in [1.165, 1.54) is 0 Å². The molecular formula is C18H20O6S. The lowest BCUT2D eigenvalue weighted by Crippen LogP contribution is -2.20. The van der Waals surface area contributed by atoms with Crippen molar-refractivity contribution in [3.8, 4) is 5.75 Å². The fourth-order valence-electron chi connectivity index (χ4n) is 2.32. The number of carbonyl (C=O) groups excluding carboxylic acids is 1. The van der Waals surface area contributed by atoms with Gasteiger partial charge in [0, 0.05) is 0 Å². The average molecular weight is 364 g/mol. The first-order valence-electron chi connectivity index (χ1n) is 7.86. The number of rotatable bonds is 4. The van der Waals surface area contributed by atoms with Crippen molar-refractivity contribution in [2.45, 2.75) is 25.9 Å². The van der Waals surface area contributed by atoms with Crippen molar-refractivity contribution in [2.75, 3.05) is 6.61 Å². The van der Waals surface area contributed by atoms with Crippen LogP contribution in [-0.2, 0) is 14.6 Å². The molecule has 0 fully saturated rings. The van der Waals surface area contributed by atoms with Crippen LogP contribution < -0.4 is 4.74 Å². The molecule has 0 radical (unpaired) electrons. The number of ether oxygens (including phenoxy) is 1. The topological polar surface area (TPSA) is 89.9 Å². The highest BCUT2D eigenvalue weighted by molar-refractivity contribution is 7.80. The Balaban J connectivity index is 0.000000242. The first kappa shape index (κ1) is 19.1. The van der Waals surface area contributed by atoms with E-state index in [4.69, 9.17) is 9.29 Å². The monoisotopic (exact) mass is 364 g/mol. The molecule has 1 atom stereocenters. The summed E-state index contributed by atoms with van der Waals surface area (Å²) in [5.74, 6) is 0.846. The summed E-state index contributed by atoms with van der Waals surface area (Å²) >= 11 is 0. The van der Waals surface area contributed by atoms with E-state index in [-0.39, 0.29) is 18.5 Å². The van der Waals surface area contributed by atoms with Gasteiger partial charge in [-0.15, -0.1) is 0 Å². The maximum Gasteiger partial charge on any atom is 0.397 e. The van der Waals surface area contributed by atoms with Gasteiger partial charge in [0.15, 0.2) is 5.78 Å². The van der Waals surface area contributed by atoms with Gasteiger partial charge >= 0.3 is 10.4 Å². The largest absolute Gasteiger partial charge is 0.484 e. The third kappa shape index (κ3) is 5.97. The first-order chi connectivity index (χ1) is 11.9. The van der Waals surface area contributed by atoms with Crippen LogP contribution in [0.1, 0.15) is 41.8 Å². The molecule has 0 bridgehead atoms. The van der Waals surface area contributed by atoms with Crippen molar-refractivity contribution in [2.24, 2.45) is 0 Å². The van der Waals surface area contributed by atoms with Gasteiger partial charge < -0.3 is 4.74 Å². The lowest BCUT2D eigenvalue weighted by molar-refractivity contribution is 0.0850. The Hall–Kier alpha value is -2.22. The number of carbonyl (C=O) groups is 1. The molecule has 6 nitrogen and oxygen atoms in total. The Kier molecular flexibility index (Phi) is 6.69. The van der Waals surface area contributed by atoms with Crippen molar-refractivity contribution in [1.29, 1.82) is 0 Å². The molecule has 0 aliphatic carbocycles. The molecule has 2 aromatic carbocycles. The summed E-state index contributed by atoms with van der Waals surface area (Å²) in [5.41, 5.74) is 1.75. The highest BCUT2D eigenvalue weighted by atomic mass is 32.3. The van der Waals surface area contributed by atoms with Gasteiger partial charge in [0.1, 0.15) is 11.9 Å². The molecule has 7 heteroatoms. The van der Waals surface area contributed by atoms with Gasteiger partial charge in [0.2, 0.25) is 0 Å². The zero-order chi connectivity index (χ0) is 18.3. The van der Waals surface area contributed by atoms with E-state index >= 15 is 0 Å². The minimum absolute atomic E-state index is 0.0405. The van der Waals surface area contributed by atoms with Crippen LogP contribution in [0.15, 0.2) is 54.6 Å². The second-order valence-corrected chi connectivity index (χ2v) is 6.48. The maximum absolute atomic E-state index is 12.0. The van der Waals surface area contributed by atoms with E-state index < -0.39 is 10.4 Å². The van der Waals surface area contributed by atoms with E-state index in [0.29, 0.717) is 24.2 Å². The van der Waals surface area contributed by atoms with Crippen LogP contribution in [0.3, 0.4) is 0 Å². The van der Waals surface area contributed by atoms with Crippen molar-refractivity contribution < 1.29 is 26.7 Å². The first-order valence-corrected chi connectivity index (χ1v) is 9.23. The standard InChI is InChI=1S/C15H12O2.C3H8O4S/c16-13-10-15(11-6-2-1-3-7-11)17-14-9-5-4-8-12(13)14;1-2-3-7-8(4,5)6/h1-9,15H,10H2;2-3H2,1H3,(H,4,5,6). The molecule has 0 aromatic heterocycles. The van der Waals surface area contributed by atoms with Crippen LogP contribution in [0.5, 0.6) is 5.75 Å². The third-order valence-electron chi connectivity index (χ3n) is 3.44. The molecule has 134 valence electrons. The van der Waals surface area contributed by atoms with E-state index in [0.717, 1.165) is 5.56 Å². The summed E-state index contributed by atoms with van der Waals surface area (Å²) in [5, 5.41) is 0. The predicted octanol–water partition coefficient (Wildman–Crippen LogP) is 3.61. The van der Waals surface area contributed by atoms with Gasteiger partial charge in [-0.3, -0.25) is 9.35 Å². The van der Waals surface area contributed by atoms with E-state index in [1.807, 2.05) is 54.6 Å². The van der Waals surface area contributed by atoms with E-state index in [1.54, 1.807) is 6.92 Å². The van der Waals surface area contributed by atoms with Gasteiger partial charge in [-0.05, 0) is 24.1 Å². The molecule has 1 N–H and O–H groups in total. The van der Waals surface area contributed by atoms with Crippen molar-refractivity contribution in [3.63, 3.8) is 0 Å². The Bertz CT molecular complexity index is 801.